The smallest absolute Gasteiger partial charge is 0.301 e. The molecule has 0 radical (unpaired) electrons. The highest BCUT2D eigenvalue weighted by atomic mass is 35.5. The fourth-order valence-electron chi connectivity index (χ4n) is 3.54. The number of thiazole rings is 1. The number of aliphatic hydroxyl groups excluding tert-OH is 1. The molecular weight excluding hydrogens is 436 g/mol. The number of nitrogens with zero attached hydrogens (tertiary/aromatic N) is 4. The van der Waals surface area contributed by atoms with Gasteiger partial charge in [0, 0.05) is 35.4 Å². The lowest BCUT2D eigenvalue weighted by Gasteiger charge is -2.22. The van der Waals surface area contributed by atoms with Crippen molar-refractivity contribution in [3.05, 3.63) is 89.0 Å². The molecule has 7 nitrogen and oxygen atoms in total. The molecule has 1 aliphatic rings. The van der Waals surface area contributed by atoms with E-state index < -0.39 is 17.7 Å². The Morgan fingerprint density at radius 1 is 1.06 bits per heavy atom. The lowest BCUT2D eigenvalue weighted by atomic mass is 9.97. The molecular formula is C22H13ClN4O3S. The van der Waals surface area contributed by atoms with Crippen molar-refractivity contribution in [2.45, 2.75) is 6.04 Å². The molecule has 4 heterocycles. The molecule has 1 N–H and O–H groups in total. The van der Waals surface area contributed by atoms with E-state index in [1.807, 2.05) is 0 Å². The van der Waals surface area contributed by atoms with Crippen molar-refractivity contribution in [2.24, 2.45) is 0 Å². The number of fused-ring (bicyclic) bond motifs is 1. The lowest BCUT2D eigenvalue weighted by Crippen LogP contribution is -2.29. The fourth-order valence-corrected chi connectivity index (χ4v) is 4.81. The molecule has 0 spiro atoms. The van der Waals surface area contributed by atoms with E-state index in [2.05, 4.69) is 15.0 Å². The number of benzene rings is 1. The summed E-state index contributed by atoms with van der Waals surface area (Å²) in [5.41, 5.74) is 1.60. The summed E-state index contributed by atoms with van der Waals surface area (Å²) >= 11 is 7.33. The third kappa shape index (κ3) is 3.26. The number of halogens is 1. The number of anilines is 1. The van der Waals surface area contributed by atoms with Crippen LogP contribution in [0, 0.1) is 0 Å². The molecule has 1 fully saturated rings. The second-order valence-corrected chi connectivity index (χ2v) is 8.25. The summed E-state index contributed by atoms with van der Waals surface area (Å²) in [7, 11) is 0. The maximum Gasteiger partial charge on any atom is 0.301 e. The van der Waals surface area contributed by atoms with E-state index >= 15 is 0 Å². The van der Waals surface area contributed by atoms with Crippen LogP contribution < -0.4 is 4.90 Å². The zero-order valence-electron chi connectivity index (χ0n) is 15.8. The summed E-state index contributed by atoms with van der Waals surface area (Å²) in [6.07, 6.45) is 6.16. The molecule has 1 saturated heterocycles. The van der Waals surface area contributed by atoms with Gasteiger partial charge in [0.15, 0.2) is 5.13 Å². The number of Topliss-reactive ketones (excluding diaryl/α,β-unsaturated/α-hetero) is 1. The first-order valence-electron chi connectivity index (χ1n) is 9.22. The number of ketones is 1. The molecule has 5 rings (SSSR count). The first-order valence-corrected chi connectivity index (χ1v) is 10.4. The van der Waals surface area contributed by atoms with Crippen molar-refractivity contribution in [3.63, 3.8) is 0 Å². The van der Waals surface area contributed by atoms with Gasteiger partial charge in [-0.2, -0.15) is 0 Å². The monoisotopic (exact) mass is 448 g/mol. The Morgan fingerprint density at radius 3 is 2.61 bits per heavy atom. The number of carbonyl (C=O) groups is 2. The van der Waals surface area contributed by atoms with Crippen molar-refractivity contribution in [1.29, 1.82) is 0 Å². The summed E-state index contributed by atoms with van der Waals surface area (Å²) < 4.78 is 0.781. The maximum absolute atomic E-state index is 13.1. The van der Waals surface area contributed by atoms with Crippen molar-refractivity contribution >= 4 is 55.7 Å². The number of aromatic nitrogens is 3. The van der Waals surface area contributed by atoms with E-state index in [-0.39, 0.29) is 11.3 Å². The van der Waals surface area contributed by atoms with Crippen LogP contribution in [0.15, 0.2) is 72.8 Å². The van der Waals surface area contributed by atoms with E-state index in [4.69, 9.17) is 11.6 Å². The van der Waals surface area contributed by atoms with Gasteiger partial charge in [0.05, 0.1) is 21.8 Å². The number of amides is 1. The van der Waals surface area contributed by atoms with Crippen molar-refractivity contribution in [1.82, 2.24) is 15.0 Å². The Balaban J connectivity index is 1.73. The quantitative estimate of drug-likeness (QED) is 0.284. The van der Waals surface area contributed by atoms with Gasteiger partial charge in [0.1, 0.15) is 5.76 Å². The largest absolute Gasteiger partial charge is 0.507 e. The zero-order chi connectivity index (χ0) is 21.5. The van der Waals surface area contributed by atoms with Crippen LogP contribution in [0.25, 0.3) is 16.0 Å². The average Bonchev–Trinajstić information content (AvgIpc) is 3.32. The second kappa shape index (κ2) is 7.57. The van der Waals surface area contributed by atoms with Crippen LogP contribution in [0.1, 0.15) is 17.2 Å². The lowest BCUT2D eigenvalue weighted by molar-refractivity contribution is -0.132. The number of aliphatic hydroxyl groups is 1. The third-order valence-corrected chi connectivity index (χ3v) is 6.20. The van der Waals surface area contributed by atoms with Gasteiger partial charge in [-0.05, 0) is 42.0 Å². The van der Waals surface area contributed by atoms with Crippen LogP contribution >= 0.6 is 22.9 Å². The Labute approximate surface area is 185 Å². The highest BCUT2D eigenvalue weighted by molar-refractivity contribution is 7.22. The highest BCUT2D eigenvalue weighted by Crippen LogP contribution is 2.44. The molecule has 0 aliphatic carbocycles. The van der Waals surface area contributed by atoms with E-state index in [0.717, 1.165) is 4.70 Å². The summed E-state index contributed by atoms with van der Waals surface area (Å²) in [5.74, 6) is -1.84. The molecule has 0 bridgehead atoms. The Bertz CT molecular complexity index is 1360. The van der Waals surface area contributed by atoms with Crippen LogP contribution in [0.4, 0.5) is 5.13 Å². The van der Waals surface area contributed by atoms with Gasteiger partial charge < -0.3 is 5.11 Å². The van der Waals surface area contributed by atoms with Crippen LogP contribution in [-0.4, -0.2) is 31.7 Å². The minimum atomic E-state index is -0.877. The second-order valence-electron chi connectivity index (χ2n) is 6.80. The predicted molar refractivity (Wildman–Crippen MR) is 118 cm³/mol. The molecule has 0 saturated carbocycles. The number of rotatable bonds is 3. The number of hydrogen-bond donors (Lipinski definition) is 1. The van der Waals surface area contributed by atoms with Gasteiger partial charge in [-0.15, -0.1) is 0 Å². The molecule has 4 aromatic rings. The first kappa shape index (κ1) is 19.3. The SMILES string of the molecule is O=C1C(=O)N(c2nc3ccc(Cl)cc3s2)C(c2cccnc2)C1=C(O)c1ccncc1. The molecule has 1 unspecified atom stereocenters. The topological polar surface area (TPSA) is 96.3 Å². The van der Waals surface area contributed by atoms with Crippen molar-refractivity contribution in [3.8, 4) is 0 Å². The Hall–Kier alpha value is -3.62. The van der Waals surface area contributed by atoms with Gasteiger partial charge >= 0.3 is 5.91 Å². The average molecular weight is 449 g/mol. The van der Waals surface area contributed by atoms with Gasteiger partial charge in [-0.1, -0.05) is 29.0 Å². The third-order valence-electron chi connectivity index (χ3n) is 4.94. The molecule has 1 amide bonds. The van der Waals surface area contributed by atoms with Crippen LogP contribution in [0.3, 0.4) is 0 Å². The normalized spacial score (nSPS) is 18.1. The van der Waals surface area contributed by atoms with Gasteiger partial charge in [-0.25, -0.2) is 4.98 Å². The maximum atomic E-state index is 13.1. The number of pyridine rings is 2. The highest BCUT2D eigenvalue weighted by Gasteiger charge is 2.48. The summed E-state index contributed by atoms with van der Waals surface area (Å²) in [6, 6.07) is 10.9. The summed E-state index contributed by atoms with van der Waals surface area (Å²) in [5, 5.41) is 11.9. The fraction of sp³-hybridized carbons (Fsp3) is 0.0455. The van der Waals surface area contributed by atoms with E-state index in [1.54, 1.807) is 54.9 Å². The molecule has 1 aliphatic heterocycles. The van der Waals surface area contributed by atoms with Gasteiger partial charge in [0.25, 0.3) is 5.78 Å². The number of hydrogen-bond acceptors (Lipinski definition) is 7. The molecule has 1 aromatic carbocycles. The van der Waals surface area contributed by atoms with Crippen LogP contribution in [0.2, 0.25) is 5.02 Å². The Morgan fingerprint density at radius 2 is 1.87 bits per heavy atom. The van der Waals surface area contributed by atoms with Gasteiger partial charge in [-0.3, -0.25) is 24.5 Å². The molecule has 152 valence electrons. The van der Waals surface area contributed by atoms with Crippen LogP contribution in [-0.2, 0) is 9.59 Å². The molecule has 31 heavy (non-hydrogen) atoms. The molecule has 3 aromatic heterocycles. The molecule has 9 heteroatoms. The zero-order valence-corrected chi connectivity index (χ0v) is 17.3. The Kier molecular flexibility index (Phi) is 4.72. The van der Waals surface area contributed by atoms with E-state index in [0.29, 0.717) is 26.8 Å². The van der Waals surface area contributed by atoms with Crippen molar-refractivity contribution in [2.75, 3.05) is 4.90 Å². The molecule has 1 atom stereocenters. The number of carbonyl (C=O) groups excluding carboxylic acids is 2. The summed E-state index contributed by atoms with van der Waals surface area (Å²) in [6.45, 7) is 0. The van der Waals surface area contributed by atoms with Gasteiger partial charge in [0.2, 0.25) is 0 Å². The minimum absolute atomic E-state index is 0.0264. The predicted octanol–water partition coefficient (Wildman–Crippen LogP) is 4.37. The van der Waals surface area contributed by atoms with Crippen molar-refractivity contribution < 1.29 is 14.7 Å². The summed E-state index contributed by atoms with van der Waals surface area (Å²) in [4.78, 5) is 40.1. The van der Waals surface area contributed by atoms with E-state index in [1.165, 1.54) is 28.6 Å². The van der Waals surface area contributed by atoms with Crippen LogP contribution in [0.5, 0.6) is 0 Å². The first-order chi connectivity index (χ1) is 15.0. The minimum Gasteiger partial charge on any atom is -0.507 e. The standard InChI is InChI=1S/C22H13ClN4O3S/c23-14-3-4-15-16(10-14)31-22(26-15)27-18(13-2-1-7-25-11-13)17(20(29)21(27)30)19(28)12-5-8-24-9-6-12/h1-11,18,28H. The van der Waals surface area contributed by atoms with E-state index in [9.17, 15) is 14.7 Å².